The second kappa shape index (κ2) is 7.39. The summed E-state index contributed by atoms with van der Waals surface area (Å²) in [4.78, 5) is 12.5. The number of fused-ring (bicyclic) bond motifs is 1. The molecule has 1 heterocycles. The van der Waals surface area contributed by atoms with Crippen LogP contribution in [-0.4, -0.2) is 19.1 Å². The predicted octanol–water partition coefficient (Wildman–Crippen LogP) is 3.98. The number of ether oxygens (including phenoxy) is 2. The Morgan fingerprint density at radius 1 is 1.00 bits per heavy atom. The molecule has 126 valence electrons. The zero-order valence-electron chi connectivity index (χ0n) is 14.1. The summed E-state index contributed by atoms with van der Waals surface area (Å²) in [6, 6.07) is 15.1. The summed E-state index contributed by atoms with van der Waals surface area (Å²) in [5.74, 6) is 1.71. The molecular formula is C20H23NO3. The van der Waals surface area contributed by atoms with Gasteiger partial charge in [0.15, 0.2) is 11.5 Å². The maximum absolute atomic E-state index is 12.5. The van der Waals surface area contributed by atoms with Crippen LogP contribution in [0.5, 0.6) is 11.5 Å². The molecule has 2 aromatic carbocycles. The van der Waals surface area contributed by atoms with Gasteiger partial charge in [-0.2, -0.15) is 0 Å². The fourth-order valence-corrected chi connectivity index (χ4v) is 2.82. The van der Waals surface area contributed by atoms with Crippen LogP contribution in [0.2, 0.25) is 0 Å². The topological polar surface area (TPSA) is 47.6 Å². The van der Waals surface area contributed by atoms with E-state index in [0.717, 1.165) is 23.5 Å². The van der Waals surface area contributed by atoms with Crippen LogP contribution in [0.1, 0.15) is 42.2 Å². The molecule has 0 saturated heterocycles. The molecule has 0 radical (unpaired) electrons. The average molecular weight is 325 g/mol. The third-order valence-electron chi connectivity index (χ3n) is 4.12. The van der Waals surface area contributed by atoms with Gasteiger partial charge in [0.05, 0.1) is 19.3 Å². The van der Waals surface area contributed by atoms with Crippen molar-refractivity contribution in [1.82, 2.24) is 5.32 Å². The number of nitrogens with one attached hydrogen (secondary N) is 1. The van der Waals surface area contributed by atoms with Crippen LogP contribution in [0.3, 0.4) is 0 Å². The van der Waals surface area contributed by atoms with Gasteiger partial charge in [0.1, 0.15) is 0 Å². The van der Waals surface area contributed by atoms with Crippen LogP contribution in [0, 0.1) is 5.92 Å². The molecule has 1 aliphatic rings. The minimum atomic E-state index is -0.0881. The monoisotopic (exact) mass is 325 g/mol. The third kappa shape index (κ3) is 3.70. The zero-order chi connectivity index (χ0) is 16.9. The molecule has 2 aromatic rings. The lowest BCUT2D eigenvalue weighted by Gasteiger charge is -2.24. The van der Waals surface area contributed by atoms with Crippen LogP contribution < -0.4 is 14.8 Å². The van der Waals surface area contributed by atoms with E-state index in [1.54, 1.807) is 0 Å². The highest BCUT2D eigenvalue weighted by Gasteiger charge is 2.21. The standard InChI is InChI=1S/C20H23NO3/c1-14(2)19(21-20(22)15-7-4-3-5-8-15)16-9-10-17-18(13-16)24-12-6-11-23-17/h3-5,7-10,13-14,19H,6,11-12H2,1-2H3,(H,21,22)/t19-/m1/s1. The highest BCUT2D eigenvalue weighted by Crippen LogP contribution is 2.34. The summed E-state index contributed by atoms with van der Waals surface area (Å²) in [6.45, 7) is 5.52. The van der Waals surface area contributed by atoms with Crippen LogP contribution in [0.25, 0.3) is 0 Å². The molecule has 1 N–H and O–H groups in total. The summed E-state index contributed by atoms with van der Waals surface area (Å²) in [7, 11) is 0. The molecule has 3 rings (SSSR count). The molecule has 1 atom stereocenters. The van der Waals surface area contributed by atoms with E-state index in [1.165, 1.54) is 0 Å². The minimum absolute atomic E-state index is 0.0681. The predicted molar refractivity (Wildman–Crippen MR) is 93.5 cm³/mol. The summed E-state index contributed by atoms with van der Waals surface area (Å²) >= 11 is 0. The molecule has 0 spiro atoms. The molecule has 0 aromatic heterocycles. The van der Waals surface area contributed by atoms with E-state index in [4.69, 9.17) is 9.47 Å². The SMILES string of the molecule is CC(C)[C@@H](NC(=O)c1ccccc1)c1ccc2c(c1)OCCCO2. The van der Waals surface area contributed by atoms with Gasteiger partial charge in [-0.3, -0.25) is 4.79 Å². The van der Waals surface area contributed by atoms with Crippen molar-refractivity contribution in [1.29, 1.82) is 0 Å². The van der Waals surface area contributed by atoms with E-state index in [9.17, 15) is 4.79 Å². The number of carbonyl (C=O) groups excluding carboxylic acids is 1. The van der Waals surface area contributed by atoms with Gasteiger partial charge in [-0.1, -0.05) is 38.1 Å². The van der Waals surface area contributed by atoms with Gasteiger partial charge in [-0.25, -0.2) is 0 Å². The van der Waals surface area contributed by atoms with E-state index in [-0.39, 0.29) is 17.9 Å². The van der Waals surface area contributed by atoms with Crippen molar-refractivity contribution >= 4 is 5.91 Å². The van der Waals surface area contributed by atoms with Gasteiger partial charge in [0, 0.05) is 12.0 Å². The number of benzene rings is 2. The second-order valence-electron chi connectivity index (χ2n) is 6.32. The van der Waals surface area contributed by atoms with Crippen molar-refractivity contribution < 1.29 is 14.3 Å². The van der Waals surface area contributed by atoms with Gasteiger partial charge in [0.25, 0.3) is 5.91 Å². The second-order valence-corrected chi connectivity index (χ2v) is 6.32. The Morgan fingerprint density at radius 3 is 2.42 bits per heavy atom. The largest absolute Gasteiger partial charge is 0.490 e. The molecule has 0 fully saturated rings. The van der Waals surface area contributed by atoms with Crippen LogP contribution in [0.15, 0.2) is 48.5 Å². The average Bonchev–Trinajstić information content (AvgIpc) is 2.84. The summed E-state index contributed by atoms with van der Waals surface area (Å²) in [5.41, 5.74) is 1.69. The Hall–Kier alpha value is -2.49. The molecule has 1 aliphatic heterocycles. The number of amides is 1. The lowest BCUT2D eigenvalue weighted by Crippen LogP contribution is -2.31. The highest BCUT2D eigenvalue weighted by atomic mass is 16.5. The normalized spacial score (nSPS) is 14.8. The molecule has 0 unspecified atom stereocenters. The van der Waals surface area contributed by atoms with E-state index in [2.05, 4.69) is 19.2 Å². The Labute approximate surface area is 142 Å². The molecule has 24 heavy (non-hydrogen) atoms. The lowest BCUT2D eigenvalue weighted by molar-refractivity contribution is 0.0925. The number of hydrogen-bond acceptors (Lipinski definition) is 3. The zero-order valence-corrected chi connectivity index (χ0v) is 14.1. The molecule has 4 nitrogen and oxygen atoms in total. The van der Waals surface area contributed by atoms with E-state index in [0.29, 0.717) is 18.8 Å². The fourth-order valence-electron chi connectivity index (χ4n) is 2.82. The number of hydrogen-bond donors (Lipinski definition) is 1. The molecule has 1 amide bonds. The Bertz CT molecular complexity index is 697. The van der Waals surface area contributed by atoms with E-state index < -0.39 is 0 Å². The van der Waals surface area contributed by atoms with E-state index >= 15 is 0 Å². The van der Waals surface area contributed by atoms with Crippen molar-refractivity contribution in [3.8, 4) is 11.5 Å². The maximum atomic E-state index is 12.5. The first kappa shape index (κ1) is 16.4. The lowest BCUT2D eigenvalue weighted by atomic mass is 9.95. The van der Waals surface area contributed by atoms with Crippen LogP contribution in [-0.2, 0) is 0 Å². The highest BCUT2D eigenvalue weighted by molar-refractivity contribution is 5.94. The quantitative estimate of drug-likeness (QED) is 0.925. The summed E-state index contributed by atoms with van der Waals surface area (Å²) in [6.07, 6.45) is 0.877. The Balaban J connectivity index is 1.83. The molecule has 4 heteroatoms. The van der Waals surface area contributed by atoms with Crippen molar-refractivity contribution in [2.75, 3.05) is 13.2 Å². The van der Waals surface area contributed by atoms with Gasteiger partial charge in [-0.15, -0.1) is 0 Å². The first-order valence-electron chi connectivity index (χ1n) is 8.40. The Morgan fingerprint density at radius 2 is 1.71 bits per heavy atom. The van der Waals surface area contributed by atoms with Crippen molar-refractivity contribution in [3.63, 3.8) is 0 Å². The molecule has 0 saturated carbocycles. The van der Waals surface area contributed by atoms with Crippen LogP contribution >= 0.6 is 0 Å². The molecular weight excluding hydrogens is 302 g/mol. The third-order valence-corrected chi connectivity index (χ3v) is 4.12. The molecule has 0 bridgehead atoms. The summed E-state index contributed by atoms with van der Waals surface area (Å²) < 4.78 is 11.5. The van der Waals surface area contributed by atoms with Gasteiger partial charge in [-0.05, 0) is 35.7 Å². The van der Waals surface area contributed by atoms with Gasteiger partial charge >= 0.3 is 0 Å². The number of rotatable bonds is 4. The van der Waals surface area contributed by atoms with Gasteiger partial charge < -0.3 is 14.8 Å². The van der Waals surface area contributed by atoms with Gasteiger partial charge in [0.2, 0.25) is 0 Å². The van der Waals surface area contributed by atoms with Crippen molar-refractivity contribution in [2.45, 2.75) is 26.3 Å². The molecule has 0 aliphatic carbocycles. The summed E-state index contributed by atoms with van der Waals surface area (Å²) in [5, 5.41) is 3.14. The van der Waals surface area contributed by atoms with E-state index in [1.807, 2.05) is 48.5 Å². The smallest absolute Gasteiger partial charge is 0.251 e. The van der Waals surface area contributed by atoms with Crippen molar-refractivity contribution in [2.24, 2.45) is 5.92 Å². The number of carbonyl (C=O) groups is 1. The first-order chi connectivity index (χ1) is 11.6. The first-order valence-corrected chi connectivity index (χ1v) is 8.40. The minimum Gasteiger partial charge on any atom is -0.490 e. The Kier molecular flexibility index (Phi) is 5.04. The maximum Gasteiger partial charge on any atom is 0.251 e. The van der Waals surface area contributed by atoms with Crippen LogP contribution in [0.4, 0.5) is 0 Å². The van der Waals surface area contributed by atoms with Crippen molar-refractivity contribution in [3.05, 3.63) is 59.7 Å². The fraction of sp³-hybridized carbons (Fsp3) is 0.350.